The second-order valence-corrected chi connectivity index (χ2v) is 7.80. The smallest absolute Gasteiger partial charge is 0.270 e. The molecule has 0 radical (unpaired) electrons. The topological polar surface area (TPSA) is 83.4 Å². The van der Waals surface area contributed by atoms with Gasteiger partial charge in [0.2, 0.25) is 5.91 Å². The molecule has 7 nitrogen and oxygen atoms in total. The number of nitrogens with zero attached hydrogens (tertiary/aromatic N) is 2. The number of carbonyl (C=O) groups is 3. The number of amides is 2. The second kappa shape index (κ2) is 10.4. The highest BCUT2D eigenvalue weighted by Gasteiger charge is 2.19. The summed E-state index contributed by atoms with van der Waals surface area (Å²) >= 11 is 0. The van der Waals surface area contributed by atoms with Crippen LogP contribution >= 0.6 is 0 Å². The number of aryl methyl sites for hydroxylation is 1. The minimum atomic E-state index is -0.265. The van der Waals surface area contributed by atoms with Crippen LogP contribution in [0.5, 0.6) is 0 Å². The Balaban J connectivity index is 1.61. The van der Waals surface area contributed by atoms with Crippen molar-refractivity contribution in [3.63, 3.8) is 0 Å². The van der Waals surface area contributed by atoms with Crippen LogP contribution in [0.25, 0.3) is 0 Å². The molecule has 2 aromatic carbocycles. The van der Waals surface area contributed by atoms with Gasteiger partial charge in [0.1, 0.15) is 0 Å². The molecule has 1 aromatic heterocycles. The minimum absolute atomic E-state index is 0.0372. The number of rotatable bonds is 8. The van der Waals surface area contributed by atoms with Crippen molar-refractivity contribution < 1.29 is 14.4 Å². The lowest BCUT2D eigenvalue weighted by Gasteiger charge is -2.16. The van der Waals surface area contributed by atoms with Gasteiger partial charge in [-0.25, -0.2) is 0 Å². The zero-order chi connectivity index (χ0) is 24.0. The molecule has 0 aliphatic rings. The van der Waals surface area contributed by atoms with E-state index in [0.717, 1.165) is 5.69 Å². The number of terminal acetylenes is 1. The van der Waals surface area contributed by atoms with Gasteiger partial charge in [0.05, 0.1) is 13.1 Å². The van der Waals surface area contributed by atoms with Gasteiger partial charge in [0.15, 0.2) is 5.78 Å². The Labute approximate surface area is 193 Å². The van der Waals surface area contributed by atoms with Crippen molar-refractivity contribution >= 4 is 23.3 Å². The molecule has 3 aromatic rings. The number of hydrogen-bond donors (Lipinski definition) is 2. The van der Waals surface area contributed by atoms with E-state index >= 15 is 0 Å². The summed E-state index contributed by atoms with van der Waals surface area (Å²) < 4.78 is 1.60. The standard InChI is InChI=1S/C26H26N4O3/c1-5-20-10-9-13-22(15-20)27-25(32)17-29(4)16-24(31)23-14-18(2)30(19(23)3)28-26(33)21-11-7-6-8-12-21/h1,6-15H,16-17H2,2-4H3,(H,27,32)(H,28,33). The summed E-state index contributed by atoms with van der Waals surface area (Å²) in [6.07, 6.45) is 5.39. The van der Waals surface area contributed by atoms with Gasteiger partial charge >= 0.3 is 0 Å². The average molecular weight is 443 g/mol. The number of aromatic nitrogens is 1. The van der Waals surface area contributed by atoms with Crippen molar-refractivity contribution in [1.29, 1.82) is 0 Å². The molecule has 2 amide bonds. The molecule has 0 saturated carbocycles. The van der Waals surface area contributed by atoms with E-state index in [1.807, 2.05) is 13.0 Å². The van der Waals surface area contributed by atoms with Crippen LogP contribution in [-0.4, -0.2) is 47.3 Å². The van der Waals surface area contributed by atoms with Crippen molar-refractivity contribution in [3.05, 3.63) is 88.7 Å². The predicted molar refractivity (Wildman–Crippen MR) is 129 cm³/mol. The number of ketones is 1. The van der Waals surface area contributed by atoms with Gasteiger partial charge < -0.3 is 5.32 Å². The first kappa shape index (κ1) is 23.5. The molecular weight excluding hydrogens is 416 g/mol. The van der Waals surface area contributed by atoms with E-state index in [9.17, 15) is 14.4 Å². The fraction of sp³-hybridized carbons (Fsp3) is 0.192. The van der Waals surface area contributed by atoms with E-state index in [0.29, 0.717) is 28.1 Å². The fourth-order valence-corrected chi connectivity index (χ4v) is 3.49. The van der Waals surface area contributed by atoms with Crippen LogP contribution in [0.15, 0.2) is 60.7 Å². The van der Waals surface area contributed by atoms with Crippen LogP contribution in [0.4, 0.5) is 5.69 Å². The molecule has 0 aliphatic heterocycles. The second-order valence-electron chi connectivity index (χ2n) is 7.80. The fourth-order valence-electron chi connectivity index (χ4n) is 3.49. The Morgan fingerprint density at radius 1 is 1.00 bits per heavy atom. The number of hydrogen-bond acceptors (Lipinski definition) is 4. The minimum Gasteiger partial charge on any atom is -0.325 e. The van der Waals surface area contributed by atoms with Crippen molar-refractivity contribution in [3.8, 4) is 12.3 Å². The first-order chi connectivity index (χ1) is 15.8. The monoisotopic (exact) mass is 442 g/mol. The number of nitrogens with one attached hydrogen (secondary N) is 2. The van der Waals surface area contributed by atoms with Gasteiger partial charge in [-0.3, -0.25) is 29.4 Å². The summed E-state index contributed by atoms with van der Waals surface area (Å²) in [4.78, 5) is 39.4. The predicted octanol–water partition coefficient (Wildman–Crippen LogP) is 3.22. The summed E-state index contributed by atoms with van der Waals surface area (Å²) in [6.45, 7) is 3.68. The highest BCUT2D eigenvalue weighted by Crippen LogP contribution is 2.16. The first-order valence-corrected chi connectivity index (χ1v) is 10.4. The van der Waals surface area contributed by atoms with E-state index in [2.05, 4.69) is 16.7 Å². The van der Waals surface area contributed by atoms with E-state index in [1.165, 1.54) is 0 Å². The lowest BCUT2D eigenvalue weighted by molar-refractivity contribution is -0.116. The highest BCUT2D eigenvalue weighted by molar-refractivity contribution is 6.02. The molecule has 0 unspecified atom stereocenters. The zero-order valence-electron chi connectivity index (χ0n) is 18.9. The van der Waals surface area contributed by atoms with E-state index in [4.69, 9.17) is 6.42 Å². The maximum absolute atomic E-state index is 12.9. The summed E-state index contributed by atoms with van der Waals surface area (Å²) in [5.74, 6) is 1.86. The lowest BCUT2D eigenvalue weighted by Crippen LogP contribution is -2.34. The summed E-state index contributed by atoms with van der Waals surface area (Å²) in [7, 11) is 1.70. The van der Waals surface area contributed by atoms with Crippen molar-refractivity contribution in [2.24, 2.45) is 0 Å². The van der Waals surface area contributed by atoms with Gasteiger partial charge in [-0.15, -0.1) is 6.42 Å². The third kappa shape index (κ3) is 5.97. The van der Waals surface area contributed by atoms with Crippen LogP contribution in [0.3, 0.4) is 0 Å². The lowest BCUT2D eigenvalue weighted by atomic mass is 10.1. The van der Waals surface area contributed by atoms with Crippen LogP contribution in [0.1, 0.15) is 37.7 Å². The van der Waals surface area contributed by atoms with Crippen LogP contribution in [0, 0.1) is 26.2 Å². The van der Waals surface area contributed by atoms with Crippen molar-refractivity contribution in [1.82, 2.24) is 9.58 Å². The third-order valence-corrected chi connectivity index (χ3v) is 5.12. The highest BCUT2D eigenvalue weighted by atomic mass is 16.2. The summed E-state index contributed by atoms with van der Waals surface area (Å²) in [5, 5.41) is 2.78. The van der Waals surface area contributed by atoms with Crippen molar-refractivity contribution in [2.45, 2.75) is 13.8 Å². The number of carbonyl (C=O) groups excluding carboxylic acids is 3. The largest absolute Gasteiger partial charge is 0.325 e. The normalized spacial score (nSPS) is 10.5. The molecule has 0 atom stereocenters. The Morgan fingerprint density at radius 3 is 2.42 bits per heavy atom. The molecule has 7 heteroatoms. The molecule has 3 rings (SSSR count). The molecule has 1 heterocycles. The number of anilines is 1. The first-order valence-electron chi connectivity index (χ1n) is 10.4. The van der Waals surface area contributed by atoms with E-state index in [1.54, 1.807) is 78.1 Å². The van der Waals surface area contributed by atoms with Gasteiger partial charge in [-0.1, -0.05) is 30.2 Å². The Kier molecular flexibility index (Phi) is 7.44. The Hall–Kier alpha value is -4.15. The molecule has 0 saturated heterocycles. The van der Waals surface area contributed by atoms with E-state index in [-0.39, 0.29) is 30.7 Å². The Bertz CT molecular complexity index is 1220. The van der Waals surface area contributed by atoms with Gasteiger partial charge in [0.25, 0.3) is 5.91 Å². The molecule has 0 fully saturated rings. The Morgan fingerprint density at radius 2 is 1.73 bits per heavy atom. The molecule has 33 heavy (non-hydrogen) atoms. The molecule has 168 valence electrons. The maximum Gasteiger partial charge on any atom is 0.270 e. The summed E-state index contributed by atoms with van der Waals surface area (Å²) in [6, 6.07) is 17.6. The summed E-state index contributed by atoms with van der Waals surface area (Å²) in [5.41, 5.74) is 6.48. The average Bonchev–Trinajstić information content (AvgIpc) is 3.07. The molecule has 2 N–H and O–H groups in total. The van der Waals surface area contributed by atoms with Crippen molar-refractivity contribution in [2.75, 3.05) is 30.9 Å². The number of benzene rings is 2. The molecule has 0 bridgehead atoms. The van der Waals surface area contributed by atoms with Gasteiger partial charge in [-0.05, 0) is 57.3 Å². The number of likely N-dealkylation sites (N-methyl/N-ethyl adjacent to an activating group) is 1. The number of Topliss-reactive ketones (excluding diaryl/α,β-unsaturated/α-hetero) is 1. The maximum atomic E-state index is 12.9. The molecular formula is C26H26N4O3. The van der Waals surface area contributed by atoms with E-state index < -0.39 is 0 Å². The van der Waals surface area contributed by atoms with Gasteiger partial charge in [-0.2, -0.15) is 0 Å². The zero-order valence-corrected chi connectivity index (χ0v) is 18.9. The third-order valence-electron chi connectivity index (χ3n) is 5.12. The quantitative estimate of drug-likeness (QED) is 0.415. The van der Waals surface area contributed by atoms with Crippen LogP contribution in [0.2, 0.25) is 0 Å². The van der Waals surface area contributed by atoms with Crippen LogP contribution in [-0.2, 0) is 4.79 Å². The SMILES string of the molecule is C#Cc1cccc(NC(=O)CN(C)CC(=O)c2cc(C)n(NC(=O)c3ccccc3)c2C)c1. The van der Waals surface area contributed by atoms with Crippen LogP contribution < -0.4 is 10.7 Å². The molecule has 0 aliphatic carbocycles. The molecule has 0 spiro atoms. The van der Waals surface area contributed by atoms with Gasteiger partial charge in [0, 0.05) is 33.8 Å².